The second-order valence-electron chi connectivity index (χ2n) is 14.8. The molecule has 268 valence electrons. The Kier molecular flexibility index (Phi) is 7.98. The van der Waals surface area contributed by atoms with E-state index in [2.05, 4.69) is 229 Å². The van der Waals surface area contributed by atoms with Crippen molar-refractivity contribution in [3.05, 3.63) is 247 Å². The minimum absolute atomic E-state index is 0.448. The molecule has 1 aliphatic rings. The van der Waals surface area contributed by atoms with Crippen molar-refractivity contribution in [3.8, 4) is 33.4 Å². The maximum atomic E-state index is 2.41. The third-order valence-corrected chi connectivity index (χ3v) is 12.9. The normalized spacial score (nSPS) is 12.7. The first kappa shape index (κ1) is 33.3. The van der Waals surface area contributed by atoms with Gasteiger partial charge in [0.05, 0.1) is 11.1 Å². The summed E-state index contributed by atoms with van der Waals surface area (Å²) in [5, 5.41) is 2.64. The van der Waals surface area contributed by atoms with Crippen molar-refractivity contribution in [3.63, 3.8) is 0 Å². The predicted octanol–water partition coefficient (Wildman–Crippen LogP) is 15.2. The molecule has 11 rings (SSSR count). The fourth-order valence-electron chi connectivity index (χ4n) is 9.24. The van der Waals surface area contributed by atoms with E-state index < -0.39 is 5.41 Å². The molecule has 0 N–H and O–H groups in total. The molecule has 0 saturated heterocycles. The Balaban J connectivity index is 1.06. The highest BCUT2D eigenvalue weighted by Crippen LogP contribution is 2.56. The molecule has 0 aliphatic heterocycles. The third kappa shape index (κ3) is 5.37. The second kappa shape index (κ2) is 13.6. The van der Waals surface area contributed by atoms with Crippen molar-refractivity contribution in [2.24, 2.45) is 0 Å². The van der Waals surface area contributed by atoms with Crippen LogP contribution < -0.4 is 4.90 Å². The van der Waals surface area contributed by atoms with Gasteiger partial charge in [0.25, 0.3) is 0 Å². The van der Waals surface area contributed by atoms with Gasteiger partial charge in [-0.25, -0.2) is 0 Å². The van der Waals surface area contributed by atoms with Crippen LogP contribution in [0.5, 0.6) is 0 Å². The molecule has 0 saturated carbocycles. The Morgan fingerprint density at radius 2 is 0.842 bits per heavy atom. The summed E-state index contributed by atoms with van der Waals surface area (Å²) in [5.41, 5.74) is 15.4. The summed E-state index contributed by atoms with van der Waals surface area (Å²) in [5.74, 6) is 0. The number of benzene rings is 9. The Labute approximate surface area is 337 Å². The quantitative estimate of drug-likeness (QED) is 0.157. The van der Waals surface area contributed by atoms with Crippen LogP contribution in [0.4, 0.5) is 17.1 Å². The molecule has 0 atom stereocenters. The van der Waals surface area contributed by atoms with Gasteiger partial charge in [0.1, 0.15) is 0 Å². The molecular formula is C55H37NS. The SMILES string of the molecule is c1ccc(-c2ccccc2N(c2ccc(-c3ccc4sc5ccccc5c4c3)cc2)c2ccc(C3(c4ccccc4)c4ccccc4-c4ccccc43)cc2)cc1. The van der Waals surface area contributed by atoms with Crippen LogP contribution in [0.2, 0.25) is 0 Å². The van der Waals surface area contributed by atoms with Crippen LogP contribution in [0.15, 0.2) is 224 Å². The van der Waals surface area contributed by atoms with Crippen LogP contribution in [0.3, 0.4) is 0 Å². The molecule has 10 aromatic rings. The largest absolute Gasteiger partial charge is 0.310 e. The van der Waals surface area contributed by atoms with Crippen LogP contribution in [-0.2, 0) is 5.41 Å². The fourth-order valence-corrected chi connectivity index (χ4v) is 10.3. The van der Waals surface area contributed by atoms with E-state index in [1.54, 1.807) is 0 Å². The van der Waals surface area contributed by atoms with Crippen LogP contribution >= 0.6 is 11.3 Å². The van der Waals surface area contributed by atoms with Gasteiger partial charge in [-0.3, -0.25) is 0 Å². The number of rotatable bonds is 7. The third-order valence-electron chi connectivity index (χ3n) is 11.8. The van der Waals surface area contributed by atoms with E-state index in [9.17, 15) is 0 Å². The van der Waals surface area contributed by atoms with Gasteiger partial charge in [-0.2, -0.15) is 0 Å². The Morgan fingerprint density at radius 1 is 0.333 bits per heavy atom. The average molecular weight is 744 g/mol. The maximum Gasteiger partial charge on any atom is 0.0713 e. The number of anilines is 3. The van der Waals surface area contributed by atoms with E-state index >= 15 is 0 Å². The van der Waals surface area contributed by atoms with Crippen molar-refractivity contribution in [1.29, 1.82) is 0 Å². The van der Waals surface area contributed by atoms with Gasteiger partial charge in [-0.1, -0.05) is 176 Å². The number of hydrogen-bond acceptors (Lipinski definition) is 2. The zero-order valence-corrected chi connectivity index (χ0v) is 32.0. The van der Waals surface area contributed by atoms with Gasteiger partial charge in [-0.05, 0) is 98.6 Å². The van der Waals surface area contributed by atoms with Gasteiger partial charge in [0, 0.05) is 37.1 Å². The topological polar surface area (TPSA) is 3.24 Å². The number of thiophene rings is 1. The summed E-state index contributed by atoms with van der Waals surface area (Å²) in [6.45, 7) is 0. The van der Waals surface area contributed by atoms with Crippen LogP contribution in [0.1, 0.15) is 22.3 Å². The zero-order chi connectivity index (χ0) is 37.8. The van der Waals surface area contributed by atoms with Crippen molar-refractivity contribution < 1.29 is 0 Å². The van der Waals surface area contributed by atoms with Crippen LogP contribution in [0.25, 0.3) is 53.6 Å². The minimum Gasteiger partial charge on any atom is -0.310 e. The molecule has 0 radical (unpaired) electrons. The Morgan fingerprint density at radius 3 is 1.54 bits per heavy atom. The van der Waals surface area contributed by atoms with Crippen molar-refractivity contribution in [2.45, 2.75) is 5.41 Å². The molecule has 9 aromatic carbocycles. The molecule has 1 aliphatic carbocycles. The molecule has 1 nitrogen and oxygen atoms in total. The van der Waals surface area contributed by atoms with E-state index in [0.29, 0.717) is 0 Å². The lowest BCUT2D eigenvalue weighted by Crippen LogP contribution is -2.28. The molecule has 0 amide bonds. The van der Waals surface area contributed by atoms with Gasteiger partial charge < -0.3 is 4.90 Å². The summed E-state index contributed by atoms with van der Waals surface area (Å²) in [7, 11) is 0. The van der Waals surface area contributed by atoms with E-state index in [4.69, 9.17) is 0 Å². The van der Waals surface area contributed by atoms with Gasteiger partial charge in [0.15, 0.2) is 0 Å². The molecule has 0 bridgehead atoms. The monoisotopic (exact) mass is 743 g/mol. The minimum atomic E-state index is -0.448. The molecule has 0 unspecified atom stereocenters. The summed E-state index contributed by atoms with van der Waals surface area (Å²) < 4.78 is 2.65. The Hall–Kier alpha value is -7.00. The van der Waals surface area contributed by atoms with Gasteiger partial charge in [0.2, 0.25) is 0 Å². The number of fused-ring (bicyclic) bond motifs is 6. The smallest absolute Gasteiger partial charge is 0.0713 e. The predicted molar refractivity (Wildman–Crippen MR) is 242 cm³/mol. The lowest BCUT2D eigenvalue weighted by molar-refractivity contribution is 0.768. The summed E-state index contributed by atoms with van der Waals surface area (Å²) in [6.07, 6.45) is 0. The summed E-state index contributed by atoms with van der Waals surface area (Å²) in [4.78, 5) is 2.41. The van der Waals surface area contributed by atoms with E-state index in [0.717, 1.165) is 17.1 Å². The lowest BCUT2D eigenvalue weighted by Gasteiger charge is -2.34. The number of para-hydroxylation sites is 1. The van der Waals surface area contributed by atoms with Gasteiger partial charge in [-0.15, -0.1) is 11.3 Å². The number of nitrogens with zero attached hydrogens (tertiary/aromatic N) is 1. The standard InChI is InChI=1S/C55H37NS/c1-3-15-39(16-4-1)45-19-9-13-25-52(45)56(43-32-27-38(28-33-43)40-29-36-54-49(37-40)48-22-10-14-26-53(48)57-54)44-34-30-42(31-35-44)55(41-17-5-2-6-18-41)50-23-11-7-20-46(50)47-21-8-12-24-51(47)55/h1-37H. The van der Waals surface area contributed by atoms with Crippen molar-refractivity contribution in [1.82, 2.24) is 0 Å². The number of hydrogen-bond donors (Lipinski definition) is 0. The zero-order valence-electron chi connectivity index (χ0n) is 31.2. The molecule has 2 heteroatoms. The molecule has 57 heavy (non-hydrogen) atoms. The first-order valence-electron chi connectivity index (χ1n) is 19.6. The highest BCUT2D eigenvalue weighted by molar-refractivity contribution is 7.25. The molecule has 0 fully saturated rings. The summed E-state index contributed by atoms with van der Waals surface area (Å²) in [6, 6.07) is 82.4. The first-order chi connectivity index (χ1) is 28.3. The molecule has 1 heterocycles. The maximum absolute atomic E-state index is 2.41. The van der Waals surface area contributed by atoms with Crippen molar-refractivity contribution >= 4 is 48.6 Å². The van der Waals surface area contributed by atoms with E-state index in [-0.39, 0.29) is 0 Å². The summed E-state index contributed by atoms with van der Waals surface area (Å²) >= 11 is 1.86. The van der Waals surface area contributed by atoms with Crippen LogP contribution in [-0.4, -0.2) is 0 Å². The lowest BCUT2D eigenvalue weighted by atomic mass is 9.68. The van der Waals surface area contributed by atoms with Crippen LogP contribution in [0, 0.1) is 0 Å². The first-order valence-corrected chi connectivity index (χ1v) is 20.4. The fraction of sp³-hybridized carbons (Fsp3) is 0.0182. The van der Waals surface area contributed by atoms with Gasteiger partial charge >= 0.3 is 0 Å². The highest BCUT2D eigenvalue weighted by atomic mass is 32.1. The highest BCUT2D eigenvalue weighted by Gasteiger charge is 2.45. The second-order valence-corrected chi connectivity index (χ2v) is 15.9. The van der Waals surface area contributed by atoms with E-state index in [1.807, 2.05) is 11.3 Å². The molecule has 1 aromatic heterocycles. The van der Waals surface area contributed by atoms with Crippen molar-refractivity contribution in [2.75, 3.05) is 4.90 Å². The molecular weight excluding hydrogens is 707 g/mol. The average Bonchev–Trinajstić information content (AvgIpc) is 3.81. The van der Waals surface area contributed by atoms with E-state index in [1.165, 1.54) is 75.8 Å². The Bertz CT molecular complexity index is 3010. The molecule has 0 spiro atoms.